The Labute approximate surface area is 205 Å². The Bertz CT molecular complexity index is 1620. The average Bonchev–Trinajstić information content (AvgIpc) is 3.43. The molecule has 1 aromatic carbocycles. The van der Waals surface area contributed by atoms with Gasteiger partial charge >= 0.3 is 0 Å². The lowest BCUT2D eigenvalue weighted by Gasteiger charge is -2.11. The number of thiophene rings is 1. The molecular weight excluding hydrogens is 464 g/mol. The van der Waals surface area contributed by atoms with E-state index in [-0.39, 0.29) is 5.56 Å². The predicted octanol–water partition coefficient (Wildman–Crippen LogP) is 3.97. The topological polar surface area (TPSA) is 96.4 Å². The molecule has 0 unspecified atom stereocenters. The SMILES string of the molecule is COc1ccc2cnn(CCc3nc4c5c6c(sc5ncn4n3)CCCCCC6)c(=O)c2c1OC. The molecule has 0 saturated heterocycles. The van der Waals surface area contributed by atoms with Crippen LogP contribution in [0.25, 0.3) is 26.6 Å². The summed E-state index contributed by atoms with van der Waals surface area (Å²) >= 11 is 1.80. The van der Waals surface area contributed by atoms with Crippen LogP contribution in [0.5, 0.6) is 11.5 Å². The van der Waals surface area contributed by atoms with Gasteiger partial charge in [0.25, 0.3) is 5.56 Å². The van der Waals surface area contributed by atoms with Gasteiger partial charge in [0.05, 0.1) is 37.7 Å². The summed E-state index contributed by atoms with van der Waals surface area (Å²) < 4.78 is 14.1. The number of fused-ring (bicyclic) bond motifs is 6. The molecule has 35 heavy (non-hydrogen) atoms. The summed E-state index contributed by atoms with van der Waals surface area (Å²) in [6.07, 6.45) is 11.1. The Kier molecular flexibility index (Phi) is 5.60. The first-order chi connectivity index (χ1) is 17.2. The average molecular weight is 491 g/mol. The highest BCUT2D eigenvalue weighted by Gasteiger charge is 2.20. The van der Waals surface area contributed by atoms with E-state index in [0.29, 0.717) is 41.1 Å². The molecule has 5 aromatic rings. The molecule has 0 N–H and O–H groups in total. The monoisotopic (exact) mass is 490 g/mol. The first kappa shape index (κ1) is 22.0. The highest BCUT2D eigenvalue weighted by atomic mass is 32.1. The molecule has 0 saturated carbocycles. The number of aryl methyl sites for hydroxylation is 4. The summed E-state index contributed by atoms with van der Waals surface area (Å²) in [7, 11) is 3.09. The molecule has 0 atom stereocenters. The van der Waals surface area contributed by atoms with Gasteiger partial charge in [-0.05, 0) is 43.4 Å². The Morgan fingerprint density at radius 3 is 2.74 bits per heavy atom. The normalized spacial score (nSPS) is 14.2. The lowest BCUT2D eigenvalue weighted by molar-refractivity contribution is 0.358. The second kappa shape index (κ2) is 8.92. The summed E-state index contributed by atoms with van der Waals surface area (Å²) in [5, 5.41) is 11.3. The van der Waals surface area contributed by atoms with Crippen LogP contribution in [0.15, 0.2) is 29.5 Å². The zero-order valence-corrected chi connectivity index (χ0v) is 20.6. The molecule has 1 aliphatic carbocycles. The van der Waals surface area contributed by atoms with Crippen LogP contribution in [-0.4, -0.2) is 43.6 Å². The fourth-order valence-corrected chi connectivity index (χ4v) is 6.23. The highest BCUT2D eigenvalue weighted by Crippen LogP contribution is 2.36. The van der Waals surface area contributed by atoms with E-state index in [1.807, 2.05) is 6.07 Å². The van der Waals surface area contributed by atoms with Crippen LogP contribution in [-0.2, 0) is 25.8 Å². The van der Waals surface area contributed by atoms with Gasteiger partial charge < -0.3 is 9.47 Å². The lowest BCUT2D eigenvalue weighted by atomic mass is 9.98. The van der Waals surface area contributed by atoms with Crippen LogP contribution in [0.2, 0.25) is 0 Å². The molecule has 6 rings (SSSR count). The molecule has 0 fully saturated rings. The second-order valence-corrected chi connectivity index (χ2v) is 9.91. The first-order valence-corrected chi connectivity index (χ1v) is 12.7. The minimum atomic E-state index is -0.231. The standard InChI is InChI=1S/C25H26N6O3S/c1-33-17-10-9-15-13-27-30(25(32)20(15)22(17)34-2)12-11-19-28-23-21-16-7-5-3-4-6-8-18(16)35-24(21)26-14-31(23)29-19/h9-10,13-14H,3-8,11-12H2,1-2H3. The molecule has 10 heteroatoms. The summed E-state index contributed by atoms with van der Waals surface area (Å²) in [6.45, 7) is 0.352. The van der Waals surface area contributed by atoms with Gasteiger partial charge in [-0.1, -0.05) is 12.8 Å². The van der Waals surface area contributed by atoms with Crippen molar-refractivity contribution in [3.63, 3.8) is 0 Å². The minimum Gasteiger partial charge on any atom is -0.493 e. The number of benzene rings is 1. The Hall–Kier alpha value is -3.53. The van der Waals surface area contributed by atoms with Crippen molar-refractivity contribution in [1.82, 2.24) is 29.4 Å². The van der Waals surface area contributed by atoms with Crippen LogP contribution < -0.4 is 15.0 Å². The maximum Gasteiger partial charge on any atom is 0.278 e. The van der Waals surface area contributed by atoms with Crippen molar-refractivity contribution in [2.45, 2.75) is 51.5 Å². The smallest absolute Gasteiger partial charge is 0.278 e. The van der Waals surface area contributed by atoms with Gasteiger partial charge in [0.1, 0.15) is 11.2 Å². The van der Waals surface area contributed by atoms with Crippen molar-refractivity contribution < 1.29 is 9.47 Å². The molecule has 180 valence electrons. The van der Waals surface area contributed by atoms with Crippen LogP contribution in [0, 0.1) is 0 Å². The van der Waals surface area contributed by atoms with Crippen LogP contribution in [0.4, 0.5) is 0 Å². The van der Waals surface area contributed by atoms with Gasteiger partial charge in [0, 0.05) is 16.7 Å². The fraction of sp³-hybridized carbons (Fsp3) is 0.400. The number of nitrogens with zero attached hydrogens (tertiary/aromatic N) is 6. The molecule has 4 heterocycles. The number of methoxy groups -OCH3 is 2. The lowest BCUT2D eigenvalue weighted by Crippen LogP contribution is -2.24. The third-order valence-corrected chi connectivity index (χ3v) is 7.95. The van der Waals surface area contributed by atoms with Gasteiger partial charge in [0.2, 0.25) is 0 Å². The largest absolute Gasteiger partial charge is 0.493 e. The zero-order valence-electron chi connectivity index (χ0n) is 19.8. The first-order valence-electron chi connectivity index (χ1n) is 11.9. The summed E-state index contributed by atoms with van der Waals surface area (Å²) in [5.74, 6) is 1.59. The van der Waals surface area contributed by atoms with E-state index < -0.39 is 0 Å². The Balaban J connectivity index is 1.35. The van der Waals surface area contributed by atoms with E-state index >= 15 is 0 Å². The van der Waals surface area contributed by atoms with E-state index in [9.17, 15) is 4.79 Å². The van der Waals surface area contributed by atoms with E-state index in [1.165, 1.54) is 47.9 Å². The molecule has 9 nitrogen and oxygen atoms in total. The van der Waals surface area contributed by atoms with Gasteiger partial charge in [-0.15, -0.1) is 16.4 Å². The molecule has 0 bridgehead atoms. The molecular formula is C25H26N6O3S. The summed E-state index contributed by atoms with van der Waals surface area (Å²) in [5.41, 5.74) is 2.02. The summed E-state index contributed by atoms with van der Waals surface area (Å²) in [6, 6.07) is 3.58. The second-order valence-electron chi connectivity index (χ2n) is 8.83. The quantitative estimate of drug-likeness (QED) is 0.368. The molecule has 0 aliphatic heterocycles. The van der Waals surface area contributed by atoms with Gasteiger partial charge in [0.15, 0.2) is 23.0 Å². The number of ether oxygens (including phenoxy) is 2. The van der Waals surface area contributed by atoms with Crippen molar-refractivity contribution in [3.05, 3.63) is 51.3 Å². The molecule has 0 radical (unpaired) electrons. The van der Waals surface area contributed by atoms with Crippen molar-refractivity contribution in [2.24, 2.45) is 0 Å². The fourth-order valence-electron chi connectivity index (χ4n) is 5.01. The minimum absolute atomic E-state index is 0.231. The third-order valence-electron chi connectivity index (χ3n) is 6.75. The van der Waals surface area contributed by atoms with E-state index in [1.54, 1.807) is 41.6 Å². The van der Waals surface area contributed by atoms with Gasteiger partial charge in [-0.2, -0.15) is 5.10 Å². The predicted molar refractivity (Wildman–Crippen MR) is 135 cm³/mol. The van der Waals surface area contributed by atoms with E-state index in [2.05, 4.69) is 15.2 Å². The highest BCUT2D eigenvalue weighted by molar-refractivity contribution is 7.19. The van der Waals surface area contributed by atoms with Crippen molar-refractivity contribution in [2.75, 3.05) is 14.2 Å². The summed E-state index contributed by atoms with van der Waals surface area (Å²) in [4.78, 5) is 25.3. The number of hydrogen-bond acceptors (Lipinski definition) is 8. The van der Waals surface area contributed by atoms with Gasteiger partial charge in [-0.25, -0.2) is 19.2 Å². The third kappa shape index (κ3) is 3.72. The van der Waals surface area contributed by atoms with Crippen LogP contribution >= 0.6 is 11.3 Å². The van der Waals surface area contributed by atoms with Crippen molar-refractivity contribution in [3.8, 4) is 11.5 Å². The maximum absolute atomic E-state index is 13.2. The zero-order chi connectivity index (χ0) is 23.9. The molecule has 0 spiro atoms. The molecule has 4 aromatic heterocycles. The maximum atomic E-state index is 13.2. The number of rotatable bonds is 5. The van der Waals surface area contributed by atoms with E-state index in [4.69, 9.17) is 14.5 Å². The van der Waals surface area contributed by atoms with Gasteiger partial charge in [-0.3, -0.25) is 4.79 Å². The van der Waals surface area contributed by atoms with E-state index in [0.717, 1.165) is 28.7 Å². The number of aromatic nitrogens is 6. The van der Waals surface area contributed by atoms with Crippen LogP contribution in [0.3, 0.4) is 0 Å². The van der Waals surface area contributed by atoms with Crippen LogP contribution in [0.1, 0.15) is 41.9 Å². The Morgan fingerprint density at radius 2 is 1.91 bits per heavy atom. The molecule has 1 aliphatic rings. The van der Waals surface area contributed by atoms with Crippen molar-refractivity contribution >= 4 is 38.0 Å². The number of hydrogen-bond donors (Lipinski definition) is 0. The van der Waals surface area contributed by atoms with Crippen molar-refractivity contribution in [1.29, 1.82) is 0 Å². The molecule has 0 amide bonds. The Morgan fingerprint density at radius 1 is 1.06 bits per heavy atom.